The van der Waals surface area contributed by atoms with Crippen molar-refractivity contribution in [2.45, 2.75) is 86.1 Å². The van der Waals surface area contributed by atoms with E-state index in [-0.39, 0.29) is 44.6 Å². The molecule has 0 aliphatic rings. The fourth-order valence-electron chi connectivity index (χ4n) is 19.4. The van der Waals surface area contributed by atoms with Gasteiger partial charge >= 0.3 is 0 Å². The number of thiophene rings is 6. The van der Waals surface area contributed by atoms with Crippen LogP contribution in [0.3, 0.4) is 0 Å². The van der Waals surface area contributed by atoms with Crippen LogP contribution in [0.5, 0.6) is 0 Å². The van der Waals surface area contributed by atoms with E-state index >= 15 is 0 Å². The molecule has 8 heteroatoms. The molecule has 8 aromatic heterocycles. The number of nitrogens with zero attached hydrogens (tertiary/aromatic N) is 2. The SMILES string of the molecule is C.C.C.C.C.C.Cc1cc2c(-c3cccc(-c4ccccc4)c3)c3sc(C)cc3c(-c3cccc(-c4ccccc4)c3)c2s1.Cc1cc2c(-c3cccc4c3ccc3ccccc34)c3sc(C)cc3c(-c3cccc4c3ccc3ccccc34)c2s1.Cc1cc2c(-n3c4ccccc4c4ccccc43)c3sc(C)cc3c(-n3c4ccccc4c4ccccc43)c2s1. The smallest absolute Gasteiger partial charge is 0.0729 e. The summed E-state index contributed by atoms with van der Waals surface area (Å²) >= 11 is 11.5. The number of benzene rings is 17. The average Bonchev–Trinajstić information content (AvgIpc) is 1.53. The van der Waals surface area contributed by atoms with Gasteiger partial charge in [-0.25, -0.2) is 0 Å². The zero-order valence-electron chi connectivity index (χ0n) is 66.8. The third kappa shape index (κ3) is 13.9. The summed E-state index contributed by atoms with van der Waals surface area (Å²) in [5.74, 6) is 0. The molecule has 0 saturated heterocycles. The van der Waals surface area contributed by atoms with Crippen molar-refractivity contribution in [1.29, 1.82) is 0 Å². The van der Waals surface area contributed by atoms with Gasteiger partial charge in [0.25, 0.3) is 0 Å². The van der Waals surface area contributed by atoms with Crippen molar-refractivity contribution in [3.63, 3.8) is 0 Å². The first-order valence-corrected chi connectivity index (χ1v) is 45.9. The normalized spacial score (nSPS) is 11.3. The third-order valence-electron chi connectivity index (χ3n) is 24.3. The second-order valence-corrected chi connectivity index (χ2v) is 39.3. The molecular formula is C118H100N2S6. The molecule has 0 saturated carbocycles. The highest BCUT2D eigenvalue weighted by Crippen LogP contribution is 2.55. The molecule has 25 rings (SSSR count). The number of rotatable bonds is 8. The van der Waals surface area contributed by atoms with Gasteiger partial charge in [0.05, 0.1) is 42.8 Å². The first kappa shape index (κ1) is 85.3. The molecule has 0 radical (unpaired) electrons. The molecule has 0 fully saturated rings. The number of hydrogen-bond acceptors (Lipinski definition) is 6. The van der Waals surface area contributed by atoms with E-state index in [1.165, 1.54) is 255 Å². The van der Waals surface area contributed by atoms with Gasteiger partial charge in [-0.3, -0.25) is 0 Å². The topological polar surface area (TPSA) is 9.86 Å². The van der Waals surface area contributed by atoms with E-state index in [1.807, 2.05) is 68.0 Å². The lowest BCUT2D eigenvalue weighted by Crippen LogP contribution is -2.00. The van der Waals surface area contributed by atoms with E-state index in [9.17, 15) is 0 Å². The van der Waals surface area contributed by atoms with Crippen molar-refractivity contribution >= 4 is 215 Å². The molecule has 0 aliphatic carbocycles. The summed E-state index contributed by atoms with van der Waals surface area (Å²) in [4.78, 5) is 8.03. The van der Waals surface area contributed by atoms with Crippen molar-refractivity contribution in [2.75, 3.05) is 0 Å². The Hall–Kier alpha value is -12.9. The molecule has 25 aromatic rings. The minimum Gasteiger partial charge on any atom is -0.307 e. The average molecular weight is 1740 g/mol. The van der Waals surface area contributed by atoms with Crippen molar-refractivity contribution in [1.82, 2.24) is 9.13 Å². The summed E-state index contributed by atoms with van der Waals surface area (Å²) in [7, 11) is 0. The van der Waals surface area contributed by atoms with Crippen molar-refractivity contribution in [3.05, 3.63) is 381 Å². The Labute approximate surface area is 763 Å². The summed E-state index contributed by atoms with van der Waals surface area (Å²) < 4.78 is 13.2. The standard InChI is InChI=1S/C40H26S2.C36H24N2S2.C36H26S2.6CH4/c1-23-21-35-37(33-15-7-13-29-27-11-5-3-9-25(27)17-19-31(29)33)40-36(22-24(2)42-40)38(39(35)41-23)34-16-8-14-30-28-12-6-4-10-26(28)18-20-32(30)34;1-21-19-27-33(37-29-15-7-3-11-23(29)24-12-4-8-16-30(24)37)36-28(20-22(2)40-36)34(35(27)39-21)38-31-17-9-5-13-25(31)26-14-6-10-18-32(26)38;1-23-19-31-33(29-17-9-15-27(21-29)25-11-5-3-6-12-25)36-32(20-24(2)38-36)34(35(31)37-23)30-18-10-16-28(22-30)26-13-7-4-8-14-26;;;;;;/h3-22H,1-2H3;3-20H,1-2H3;3-22H,1-2H3;6*1H4. The molecule has 618 valence electrons. The summed E-state index contributed by atoms with van der Waals surface area (Å²) in [5, 5.41) is 23.7. The van der Waals surface area contributed by atoms with E-state index in [4.69, 9.17) is 0 Å². The summed E-state index contributed by atoms with van der Waals surface area (Å²) in [6, 6.07) is 130. The Morgan fingerprint density at radius 2 is 0.421 bits per heavy atom. The Balaban J connectivity index is 0.000000130. The highest BCUT2D eigenvalue weighted by atomic mass is 32.1. The second kappa shape index (κ2) is 34.2. The van der Waals surface area contributed by atoms with Crippen LogP contribution in [0.15, 0.2) is 352 Å². The van der Waals surface area contributed by atoms with E-state index in [2.05, 4.69) is 403 Å². The molecule has 2 nitrogen and oxygen atoms in total. The largest absolute Gasteiger partial charge is 0.307 e. The fraction of sp³-hybridized carbons (Fsp3) is 0.102. The minimum absolute atomic E-state index is 0. The molecule has 17 aromatic carbocycles. The number of para-hydroxylation sites is 4. The van der Waals surface area contributed by atoms with Crippen LogP contribution < -0.4 is 0 Å². The Bertz CT molecular complexity index is 7740. The summed E-state index contributed by atoms with van der Waals surface area (Å²) in [6.45, 7) is 13.5. The highest BCUT2D eigenvalue weighted by molar-refractivity contribution is 7.23. The molecule has 0 aliphatic heterocycles. The van der Waals surface area contributed by atoms with Gasteiger partial charge in [-0.15, -0.1) is 68.0 Å². The van der Waals surface area contributed by atoms with Gasteiger partial charge in [-0.05, 0) is 202 Å². The maximum absolute atomic E-state index is 2.52. The molecule has 0 spiro atoms. The van der Waals surface area contributed by atoms with Crippen molar-refractivity contribution in [2.24, 2.45) is 0 Å². The summed E-state index contributed by atoms with van der Waals surface area (Å²) in [5.41, 5.74) is 23.3. The second-order valence-electron chi connectivity index (χ2n) is 31.8. The van der Waals surface area contributed by atoms with Crippen LogP contribution in [0.1, 0.15) is 73.8 Å². The van der Waals surface area contributed by atoms with Gasteiger partial charge < -0.3 is 9.13 Å². The van der Waals surface area contributed by atoms with Gasteiger partial charge in [-0.2, -0.15) is 0 Å². The van der Waals surface area contributed by atoms with Crippen LogP contribution in [-0.2, 0) is 0 Å². The zero-order chi connectivity index (χ0) is 80.1. The van der Waals surface area contributed by atoms with Crippen LogP contribution in [0.25, 0.3) is 225 Å². The predicted molar refractivity (Wildman–Crippen MR) is 572 cm³/mol. The number of aryl methyl sites for hydroxylation is 6. The van der Waals surface area contributed by atoms with E-state index in [0.717, 1.165) is 0 Å². The lowest BCUT2D eigenvalue weighted by atomic mass is 9.88. The van der Waals surface area contributed by atoms with Crippen LogP contribution >= 0.6 is 68.0 Å². The lowest BCUT2D eigenvalue weighted by Gasteiger charge is -2.17. The molecule has 0 amide bonds. The van der Waals surface area contributed by atoms with Gasteiger partial charge in [0.2, 0.25) is 0 Å². The van der Waals surface area contributed by atoms with E-state index < -0.39 is 0 Å². The number of hydrogen-bond donors (Lipinski definition) is 0. The van der Waals surface area contributed by atoms with Crippen LogP contribution in [0.2, 0.25) is 0 Å². The maximum atomic E-state index is 2.52. The van der Waals surface area contributed by atoms with Gasteiger partial charge in [0.15, 0.2) is 0 Å². The quantitative estimate of drug-likeness (QED) is 0.134. The third-order valence-corrected chi connectivity index (χ3v) is 30.7. The number of fused-ring (bicyclic) bond motifs is 18. The van der Waals surface area contributed by atoms with Crippen molar-refractivity contribution in [3.8, 4) is 78.1 Å². The van der Waals surface area contributed by atoms with Crippen LogP contribution in [0, 0.1) is 41.5 Å². The molecule has 0 bridgehead atoms. The van der Waals surface area contributed by atoms with E-state index in [0.29, 0.717) is 0 Å². The Morgan fingerprint density at radius 3 is 0.770 bits per heavy atom. The molecule has 8 heterocycles. The maximum Gasteiger partial charge on any atom is 0.0729 e. The zero-order valence-corrected chi connectivity index (χ0v) is 71.7. The first-order valence-electron chi connectivity index (χ1n) is 41.0. The fourth-order valence-corrected chi connectivity index (χ4v) is 25.9. The number of aromatic nitrogens is 2. The Morgan fingerprint density at radius 1 is 0.167 bits per heavy atom. The minimum atomic E-state index is 0. The monoisotopic (exact) mass is 1740 g/mol. The first-order chi connectivity index (χ1) is 59.0. The molecular weight excluding hydrogens is 1640 g/mol. The van der Waals surface area contributed by atoms with Crippen LogP contribution in [-0.4, -0.2) is 9.13 Å². The molecule has 0 unspecified atom stereocenters. The molecule has 0 N–H and O–H groups in total. The Kier molecular flexibility index (Phi) is 23.2. The molecule has 126 heavy (non-hydrogen) atoms. The summed E-state index contributed by atoms with van der Waals surface area (Å²) in [6.07, 6.45) is 0. The van der Waals surface area contributed by atoms with Gasteiger partial charge in [-0.1, -0.05) is 324 Å². The van der Waals surface area contributed by atoms with E-state index in [1.54, 1.807) is 0 Å². The van der Waals surface area contributed by atoms with Crippen molar-refractivity contribution < 1.29 is 0 Å². The van der Waals surface area contributed by atoms with Gasteiger partial charge in [0, 0.05) is 124 Å². The highest BCUT2D eigenvalue weighted by Gasteiger charge is 2.29. The van der Waals surface area contributed by atoms with Crippen LogP contribution in [0.4, 0.5) is 0 Å². The molecule has 0 atom stereocenters. The van der Waals surface area contributed by atoms with Gasteiger partial charge in [0.1, 0.15) is 0 Å². The lowest BCUT2D eigenvalue weighted by molar-refractivity contribution is 1.20. The predicted octanol–water partition coefficient (Wildman–Crippen LogP) is 38.8.